The fourth-order valence-corrected chi connectivity index (χ4v) is 4.41. The Bertz CT molecular complexity index is 647. The van der Waals surface area contributed by atoms with Gasteiger partial charge in [-0.2, -0.15) is 0 Å². The molecule has 0 saturated heterocycles. The van der Waals surface area contributed by atoms with Gasteiger partial charge in [0.15, 0.2) is 0 Å². The highest BCUT2D eigenvalue weighted by molar-refractivity contribution is 9.10. The molecule has 2 N–H and O–H groups in total. The minimum absolute atomic E-state index is 0.256. The molecule has 1 aromatic heterocycles. The lowest BCUT2D eigenvalue weighted by atomic mass is 9.64. The second-order valence-corrected chi connectivity index (χ2v) is 7.05. The molecule has 1 saturated carbocycles. The maximum Gasteiger partial charge on any atom is 0.0516 e. The first-order valence-electron chi connectivity index (χ1n) is 7.25. The van der Waals surface area contributed by atoms with Crippen LogP contribution < -0.4 is 5.73 Å². The molecule has 2 aromatic rings. The molecule has 1 aliphatic heterocycles. The standard InChI is InChI=1S/C16H19BrN2/c17-12-7-11-3-1-6-19-9-14(13(8-12)15(11)19)16(10-18)4-2-5-16/h7-9H,1-6,10,18H2. The van der Waals surface area contributed by atoms with E-state index in [4.69, 9.17) is 5.73 Å². The molecule has 0 unspecified atom stereocenters. The number of benzene rings is 1. The summed E-state index contributed by atoms with van der Waals surface area (Å²) in [4.78, 5) is 0. The average molecular weight is 319 g/mol. The van der Waals surface area contributed by atoms with Gasteiger partial charge in [0, 0.05) is 34.6 Å². The summed E-state index contributed by atoms with van der Waals surface area (Å²) in [5, 5.41) is 1.44. The molecule has 0 bridgehead atoms. The maximum absolute atomic E-state index is 6.11. The summed E-state index contributed by atoms with van der Waals surface area (Å²) in [5.41, 5.74) is 10.8. The van der Waals surface area contributed by atoms with Crippen LogP contribution in [0.5, 0.6) is 0 Å². The Morgan fingerprint density at radius 3 is 2.79 bits per heavy atom. The summed E-state index contributed by atoms with van der Waals surface area (Å²) in [5.74, 6) is 0. The Morgan fingerprint density at radius 1 is 1.26 bits per heavy atom. The Morgan fingerprint density at radius 2 is 2.11 bits per heavy atom. The zero-order chi connectivity index (χ0) is 13.0. The summed E-state index contributed by atoms with van der Waals surface area (Å²) in [6.07, 6.45) is 8.68. The molecule has 19 heavy (non-hydrogen) atoms. The lowest BCUT2D eigenvalue weighted by Gasteiger charge is -2.41. The number of hydrogen-bond acceptors (Lipinski definition) is 1. The van der Waals surface area contributed by atoms with Gasteiger partial charge < -0.3 is 10.3 Å². The van der Waals surface area contributed by atoms with Crippen LogP contribution in [0.15, 0.2) is 22.8 Å². The van der Waals surface area contributed by atoms with Crippen LogP contribution in [0, 0.1) is 0 Å². The van der Waals surface area contributed by atoms with Crippen molar-refractivity contribution in [2.24, 2.45) is 5.73 Å². The van der Waals surface area contributed by atoms with Crippen molar-refractivity contribution in [2.45, 2.75) is 44.1 Å². The van der Waals surface area contributed by atoms with Gasteiger partial charge in [0.1, 0.15) is 0 Å². The van der Waals surface area contributed by atoms with Crippen LogP contribution in [0.1, 0.15) is 36.8 Å². The zero-order valence-corrected chi connectivity index (χ0v) is 12.7. The minimum atomic E-state index is 0.256. The van der Waals surface area contributed by atoms with E-state index in [9.17, 15) is 0 Å². The van der Waals surface area contributed by atoms with Gasteiger partial charge in [-0.05, 0) is 48.9 Å². The van der Waals surface area contributed by atoms with Crippen LogP contribution in [0.2, 0.25) is 0 Å². The predicted molar refractivity (Wildman–Crippen MR) is 82.5 cm³/mol. The summed E-state index contributed by atoms with van der Waals surface area (Å²) < 4.78 is 3.67. The molecule has 2 nitrogen and oxygen atoms in total. The molecule has 3 heteroatoms. The van der Waals surface area contributed by atoms with Crippen LogP contribution in [0.3, 0.4) is 0 Å². The second-order valence-electron chi connectivity index (χ2n) is 6.14. The number of rotatable bonds is 2. The van der Waals surface area contributed by atoms with Gasteiger partial charge in [-0.3, -0.25) is 0 Å². The quantitative estimate of drug-likeness (QED) is 0.898. The van der Waals surface area contributed by atoms with Crippen molar-refractivity contribution in [3.8, 4) is 0 Å². The van der Waals surface area contributed by atoms with E-state index in [0.29, 0.717) is 0 Å². The molecule has 1 aromatic carbocycles. The average Bonchev–Trinajstić information content (AvgIpc) is 2.70. The first kappa shape index (κ1) is 12.0. The van der Waals surface area contributed by atoms with Crippen molar-refractivity contribution in [3.05, 3.63) is 33.9 Å². The number of nitrogens with zero attached hydrogens (tertiary/aromatic N) is 1. The van der Waals surface area contributed by atoms with E-state index in [-0.39, 0.29) is 5.41 Å². The molecule has 1 aliphatic carbocycles. The Kier molecular flexibility index (Phi) is 2.58. The summed E-state index contributed by atoms with van der Waals surface area (Å²) >= 11 is 3.68. The number of hydrogen-bond donors (Lipinski definition) is 1. The number of nitrogens with two attached hydrogens (primary N) is 1. The van der Waals surface area contributed by atoms with Crippen LogP contribution in [0.25, 0.3) is 10.9 Å². The molecule has 0 radical (unpaired) electrons. The minimum Gasteiger partial charge on any atom is -0.347 e. The van der Waals surface area contributed by atoms with Gasteiger partial charge in [0.25, 0.3) is 0 Å². The Hall–Kier alpha value is -0.800. The normalized spacial score (nSPS) is 20.5. The fraction of sp³-hybridized carbons (Fsp3) is 0.500. The van der Waals surface area contributed by atoms with Crippen molar-refractivity contribution in [1.82, 2.24) is 4.57 Å². The van der Waals surface area contributed by atoms with E-state index in [1.54, 1.807) is 0 Å². The topological polar surface area (TPSA) is 30.9 Å². The molecule has 0 spiro atoms. The Labute approximate surface area is 122 Å². The summed E-state index contributed by atoms with van der Waals surface area (Å²) in [6.45, 7) is 1.94. The highest BCUT2D eigenvalue weighted by atomic mass is 79.9. The highest BCUT2D eigenvalue weighted by Crippen LogP contribution is 2.47. The van der Waals surface area contributed by atoms with Gasteiger partial charge in [-0.25, -0.2) is 0 Å². The van der Waals surface area contributed by atoms with E-state index < -0.39 is 0 Å². The predicted octanol–water partition coefficient (Wildman–Crippen LogP) is 3.73. The van der Waals surface area contributed by atoms with Crippen molar-refractivity contribution in [1.29, 1.82) is 0 Å². The van der Waals surface area contributed by atoms with Crippen LogP contribution in [-0.4, -0.2) is 11.1 Å². The van der Waals surface area contributed by atoms with E-state index in [2.05, 4.69) is 38.8 Å². The van der Waals surface area contributed by atoms with Crippen LogP contribution >= 0.6 is 15.9 Å². The number of aryl methyl sites for hydroxylation is 2. The molecule has 2 aliphatic rings. The van der Waals surface area contributed by atoms with E-state index in [0.717, 1.165) is 13.1 Å². The third-order valence-corrected chi connectivity index (χ3v) is 5.59. The SMILES string of the molecule is NCC1(c2cn3c4c(cc(Br)cc24)CCC3)CCC1. The van der Waals surface area contributed by atoms with Crippen molar-refractivity contribution in [2.75, 3.05) is 6.54 Å². The zero-order valence-electron chi connectivity index (χ0n) is 11.1. The van der Waals surface area contributed by atoms with E-state index in [1.807, 2.05) is 0 Å². The monoisotopic (exact) mass is 318 g/mol. The van der Waals surface area contributed by atoms with E-state index in [1.165, 1.54) is 58.6 Å². The van der Waals surface area contributed by atoms with Gasteiger partial charge >= 0.3 is 0 Å². The maximum atomic E-state index is 6.11. The first-order chi connectivity index (χ1) is 9.23. The largest absolute Gasteiger partial charge is 0.347 e. The third kappa shape index (κ3) is 1.58. The first-order valence-corrected chi connectivity index (χ1v) is 8.05. The Balaban J connectivity index is 2.03. The molecule has 0 atom stereocenters. The molecule has 2 heterocycles. The van der Waals surface area contributed by atoms with Crippen molar-refractivity contribution in [3.63, 3.8) is 0 Å². The van der Waals surface area contributed by atoms with Gasteiger partial charge in [-0.1, -0.05) is 22.4 Å². The number of halogens is 1. The lowest BCUT2D eigenvalue weighted by Crippen LogP contribution is -2.41. The summed E-state index contributed by atoms with van der Waals surface area (Å²) in [6, 6.07) is 4.59. The second kappa shape index (κ2) is 4.10. The number of aromatic nitrogens is 1. The summed E-state index contributed by atoms with van der Waals surface area (Å²) in [7, 11) is 0. The molecule has 100 valence electrons. The molecular formula is C16H19BrN2. The van der Waals surface area contributed by atoms with Gasteiger partial charge in [0.05, 0.1) is 5.52 Å². The molecule has 0 amide bonds. The van der Waals surface area contributed by atoms with Gasteiger partial charge in [0.2, 0.25) is 0 Å². The smallest absolute Gasteiger partial charge is 0.0516 e. The molecule has 1 fully saturated rings. The fourth-order valence-electron chi connectivity index (χ4n) is 3.91. The highest BCUT2D eigenvalue weighted by Gasteiger charge is 2.40. The van der Waals surface area contributed by atoms with Crippen molar-refractivity contribution >= 4 is 26.8 Å². The molecular weight excluding hydrogens is 300 g/mol. The third-order valence-electron chi connectivity index (χ3n) is 5.13. The lowest BCUT2D eigenvalue weighted by molar-refractivity contribution is 0.255. The van der Waals surface area contributed by atoms with Crippen LogP contribution in [-0.2, 0) is 18.4 Å². The van der Waals surface area contributed by atoms with E-state index >= 15 is 0 Å². The molecule has 4 rings (SSSR count). The van der Waals surface area contributed by atoms with Gasteiger partial charge in [-0.15, -0.1) is 0 Å². The van der Waals surface area contributed by atoms with Crippen LogP contribution in [0.4, 0.5) is 0 Å². The van der Waals surface area contributed by atoms with Crippen molar-refractivity contribution < 1.29 is 0 Å².